The number of aromatic nitrogens is 3. The van der Waals surface area contributed by atoms with Gasteiger partial charge in [0, 0.05) is 12.6 Å². The maximum absolute atomic E-state index is 9.56. The fraction of sp³-hybridized carbons (Fsp3) is 0.333. The van der Waals surface area contributed by atoms with Crippen LogP contribution in [0.2, 0.25) is 0 Å². The topological polar surface area (TPSA) is 50.9 Å². The van der Waals surface area contributed by atoms with E-state index >= 15 is 0 Å². The molecule has 84 valence electrons. The van der Waals surface area contributed by atoms with Crippen LogP contribution in [0.25, 0.3) is 11.3 Å². The van der Waals surface area contributed by atoms with Gasteiger partial charge < -0.3 is 5.11 Å². The zero-order chi connectivity index (χ0) is 11.5. The van der Waals surface area contributed by atoms with Gasteiger partial charge in [0.25, 0.3) is 5.88 Å². The molecule has 4 heteroatoms. The maximum Gasteiger partial charge on any atom is 0.259 e. The van der Waals surface area contributed by atoms with Gasteiger partial charge in [-0.2, -0.15) is 0 Å². The molecule has 16 heavy (non-hydrogen) atoms. The first-order valence-corrected chi connectivity index (χ1v) is 5.40. The summed E-state index contributed by atoms with van der Waals surface area (Å²) in [6, 6.07) is 8.13. The molecule has 1 N–H and O–H groups in total. The van der Waals surface area contributed by atoms with Crippen molar-refractivity contribution in [3.05, 3.63) is 29.8 Å². The van der Waals surface area contributed by atoms with Gasteiger partial charge in [-0.15, -0.1) is 0 Å². The highest BCUT2D eigenvalue weighted by molar-refractivity contribution is 5.64. The third-order valence-corrected chi connectivity index (χ3v) is 2.58. The van der Waals surface area contributed by atoms with Crippen molar-refractivity contribution in [2.24, 2.45) is 7.05 Å². The second-order valence-corrected chi connectivity index (χ2v) is 3.83. The van der Waals surface area contributed by atoms with Crippen LogP contribution < -0.4 is 0 Å². The van der Waals surface area contributed by atoms with Gasteiger partial charge >= 0.3 is 0 Å². The first kappa shape index (κ1) is 10.7. The van der Waals surface area contributed by atoms with Gasteiger partial charge in [0.1, 0.15) is 5.69 Å². The predicted octanol–water partition coefficient (Wildman–Crippen LogP) is 2.14. The van der Waals surface area contributed by atoms with Gasteiger partial charge in [-0.25, -0.2) is 4.68 Å². The minimum absolute atomic E-state index is 0.0225. The molecule has 0 saturated heterocycles. The van der Waals surface area contributed by atoms with Crippen molar-refractivity contribution in [3.8, 4) is 17.1 Å². The Kier molecular flexibility index (Phi) is 2.90. The average molecular weight is 217 g/mol. The lowest BCUT2D eigenvalue weighted by atomic mass is 10.1. The molecule has 1 aromatic heterocycles. The van der Waals surface area contributed by atoms with E-state index in [1.807, 2.05) is 12.1 Å². The molecule has 0 aliphatic carbocycles. The number of aromatic hydroxyl groups is 1. The van der Waals surface area contributed by atoms with Crippen LogP contribution in [0.3, 0.4) is 0 Å². The van der Waals surface area contributed by atoms with Gasteiger partial charge in [0.15, 0.2) is 0 Å². The Hall–Kier alpha value is -1.84. The third kappa shape index (κ3) is 1.91. The summed E-state index contributed by atoms with van der Waals surface area (Å²) in [7, 11) is 1.77. The van der Waals surface area contributed by atoms with Crippen LogP contribution in [-0.4, -0.2) is 20.1 Å². The monoisotopic (exact) mass is 217 g/mol. The van der Waals surface area contributed by atoms with Crippen molar-refractivity contribution in [1.29, 1.82) is 0 Å². The van der Waals surface area contributed by atoms with E-state index in [1.165, 1.54) is 5.56 Å². The zero-order valence-electron chi connectivity index (χ0n) is 9.51. The van der Waals surface area contributed by atoms with E-state index in [2.05, 4.69) is 29.4 Å². The predicted molar refractivity (Wildman–Crippen MR) is 62.1 cm³/mol. The van der Waals surface area contributed by atoms with Crippen LogP contribution in [0.1, 0.15) is 18.9 Å². The lowest BCUT2D eigenvalue weighted by Crippen LogP contribution is -1.94. The molecule has 0 aliphatic rings. The van der Waals surface area contributed by atoms with Crippen LogP contribution >= 0.6 is 0 Å². The summed E-state index contributed by atoms with van der Waals surface area (Å²) in [6.45, 7) is 2.16. The van der Waals surface area contributed by atoms with E-state index in [0.29, 0.717) is 5.69 Å². The molecule has 0 fully saturated rings. The molecule has 1 heterocycles. The summed E-state index contributed by atoms with van der Waals surface area (Å²) >= 11 is 0. The summed E-state index contributed by atoms with van der Waals surface area (Å²) < 4.78 is 1.57. The minimum atomic E-state index is -0.0225. The number of hydrogen-bond donors (Lipinski definition) is 1. The van der Waals surface area contributed by atoms with Gasteiger partial charge in [-0.05, 0) is 12.0 Å². The molecular formula is C12H15N3O. The normalized spacial score (nSPS) is 10.6. The lowest BCUT2D eigenvalue weighted by molar-refractivity contribution is 0.454. The number of hydrogen-bond acceptors (Lipinski definition) is 3. The second kappa shape index (κ2) is 4.35. The fourth-order valence-corrected chi connectivity index (χ4v) is 1.78. The third-order valence-electron chi connectivity index (χ3n) is 2.58. The molecule has 0 radical (unpaired) electrons. The number of nitrogens with zero attached hydrogens (tertiary/aromatic N) is 3. The van der Waals surface area contributed by atoms with Crippen LogP contribution in [-0.2, 0) is 13.5 Å². The standard InChI is InChI=1S/C12H15N3O/c1-3-4-9-5-7-10(8-6-9)11-12(16)13-14-15(11)2/h5-8,16H,3-4H2,1-2H3. The fourth-order valence-electron chi connectivity index (χ4n) is 1.78. The van der Waals surface area contributed by atoms with E-state index in [4.69, 9.17) is 0 Å². The number of benzene rings is 1. The summed E-state index contributed by atoms with van der Waals surface area (Å²) in [4.78, 5) is 0. The Labute approximate surface area is 94.5 Å². The van der Waals surface area contributed by atoms with E-state index in [1.54, 1.807) is 11.7 Å². The number of aryl methyl sites for hydroxylation is 2. The minimum Gasteiger partial charge on any atom is -0.491 e. The van der Waals surface area contributed by atoms with Crippen molar-refractivity contribution in [3.63, 3.8) is 0 Å². The van der Waals surface area contributed by atoms with Crippen LogP contribution in [0, 0.1) is 0 Å². The SMILES string of the molecule is CCCc1ccc(-c2c(O)nnn2C)cc1. The molecule has 2 aromatic rings. The molecule has 0 unspecified atom stereocenters. The van der Waals surface area contributed by atoms with E-state index in [0.717, 1.165) is 18.4 Å². The van der Waals surface area contributed by atoms with Crippen molar-refractivity contribution < 1.29 is 5.11 Å². The van der Waals surface area contributed by atoms with Crippen molar-refractivity contribution in [2.75, 3.05) is 0 Å². The molecular weight excluding hydrogens is 202 g/mol. The molecule has 0 amide bonds. The molecule has 0 aliphatic heterocycles. The van der Waals surface area contributed by atoms with Gasteiger partial charge in [0.2, 0.25) is 0 Å². The quantitative estimate of drug-likeness (QED) is 0.857. The molecule has 1 aromatic carbocycles. The number of rotatable bonds is 3. The van der Waals surface area contributed by atoms with E-state index in [-0.39, 0.29) is 5.88 Å². The van der Waals surface area contributed by atoms with Crippen LogP contribution in [0.4, 0.5) is 0 Å². The Balaban J connectivity index is 2.35. The van der Waals surface area contributed by atoms with Gasteiger partial charge in [0.05, 0.1) is 0 Å². The molecule has 4 nitrogen and oxygen atoms in total. The van der Waals surface area contributed by atoms with Gasteiger partial charge in [-0.1, -0.05) is 47.9 Å². The molecule has 2 rings (SSSR count). The van der Waals surface area contributed by atoms with Crippen LogP contribution in [0.5, 0.6) is 5.88 Å². The summed E-state index contributed by atoms with van der Waals surface area (Å²) in [5, 5.41) is 17.0. The highest BCUT2D eigenvalue weighted by Crippen LogP contribution is 2.26. The first-order chi connectivity index (χ1) is 7.72. The Morgan fingerprint density at radius 3 is 2.44 bits per heavy atom. The summed E-state index contributed by atoms with van der Waals surface area (Å²) in [5.41, 5.74) is 2.90. The average Bonchev–Trinajstić information content (AvgIpc) is 2.61. The smallest absolute Gasteiger partial charge is 0.259 e. The highest BCUT2D eigenvalue weighted by Gasteiger charge is 2.10. The molecule has 0 bridgehead atoms. The van der Waals surface area contributed by atoms with Crippen molar-refractivity contribution in [1.82, 2.24) is 15.0 Å². The first-order valence-electron chi connectivity index (χ1n) is 5.40. The lowest BCUT2D eigenvalue weighted by Gasteiger charge is -2.03. The Morgan fingerprint density at radius 2 is 1.94 bits per heavy atom. The van der Waals surface area contributed by atoms with E-state index < -0.39 is 0 Å². The van der Waals surface area contributed by atoms with E-state index in [9.17, 15) is 5.11 Å². The van der Waals surface area contributed by atoms with Crippen LogP contribution in [0.15, 0.2) is 24.3 Å². The summed E-state index contributed by atoms with van der Waals surface area (Å²) in [6.07, 6.45) is 2.22. The maximum atomic E-state index is 9.56. The highest BCUT2D eigenvalue weighted by atomic mass is 16.3. The largest absolute Gasteiger partial charge is 0.491 e. The molecule has 0 spiro atoms. The molecule has 0 saturated carbocycles. The Morgan fingerprint density at radius 1 is 1.25 bits per heavy atom. The summed E-state index contributed by atoms with van der Waals surface area (Å²) in [5.74, 6) is -0.0225. The molecule has 0 atom stereocenters. The second-order valence-electron chi connectivity index (χ2n) is 3.83. The van der Waals surface area contributed by atoms with Crippen molar-refractivity contribution >= 4 is 0 Å². The van der Waals surface area contributed by atoms with Gasteiger partial charge in [-0.3, -0.25) is 0 Å². The zero-order valence-corrected chi connectivity index (χ0v) is 9.51. The Bertz CT molecular complexity index is 454. The van der Waals surface area contributed by atoms with Crippen molar-refractivity contribution in [2.45, 2.75) is 19.8 Å².